The molecule has 6 rings (SSSR count). The molecule has 0 radical (unpaired) electrons. The number of carbonyl (C=O) groups excluding carboxylic acids is 1. The largest absolute Gasteiger partial charge is 0.435 e. The van der Waals surface area contributed by atoms with E-state index in [1.165, 1.54) is 28.4 Å². The van der Waals surface area contributed by atoms with Crippen molar-refractivity contribution in [3.05, 3.63) is 94.0 Å². The van der Waals surface area contributed by atoms with Crippen molar-refractivity contribution in [3.63, 3.8) is 0 Å². The molecule has 0 aliphatic carbocycles. The van der Waals surface area contributed by atoms with E-state index < -0.39 is 17.7 Å². The zero-order valence-corrected chi connectivity index (χ0v) is 19.3. The molecule has 0 unspecified atom stereocenters. The molecular formula is C25H16F3N3OS2. The lowest BCUT2D eigenvalue weighted by Gasteiger charge is -2.47. The first kappa shape index (κ1) is 21.2. The summed E-state index contributed by atoms with van der Waals surface area (Å²) in [4.78, 5) is 20.0. The standard InChI is InChI=1S/C25H16F3N3OS2/c1-14-10-12-15(13-11-14)24(25(26,27)28)30-21(32)20(22-29-16-6-2-4-8-18(16)33-22)23-31(24)17-7-3-5-9-19(17)34-23/h2-13H,1H3,(H,30,32)/t24-/m1/s1. The normalized spacial score (nSPS) is 19.9. The zero-order valence-electron chi connectivity index (χ0n) is 17.7. The van der Waals surface area contributed by atoms with Crippen LogP contribution in [0.15, 0.2) is 82.7 Å². The average Bonchev–Trinajstić information content (AvgIpc) is 3.39. The van der Waals surface area contributed by atoms with Crippen molar-refractivity contribution in [3.8, 4) is 0 Å². The molecular weight excluding hydrogens is 479 g/mol. The maximum absolute atomic E-state index is 15.1. The highest BCUT2D eigenvalue weighted by Gasteiger charge is 2.66. The van der Waals surface area contributed by atoms with Crippen LogP contribution >= 0.6 is 23.1 Å². The summed E-state index contributed by atoms with van der Waals surface area (Å²) in [7, 11) is 0. The molecule has 4 aromatic rings. The fourth-order valence-corrected chi connectivity index (χ4v) is 6.70. The van der Waals surface area contributed by atoms with Gasteiger partial charge in [0.15, 0.2) is 0 Å². The Morgan fingerprint density at radius 1 is 0.971 bits per heavy atom. The molecule has 2 aliphatic rings. The summed E-state index contributed by atoms with van der Waals surface area (Å²) in [6.07, 6.45) is -4.82. The molecule has 1 N–H and O–H groups in total. The zero-order chi connectivity index (χ0) is 23.7. The van der Waals surface area contributed by atoms with Crippen LogP contribution in [0.25, 0.3) is 15.8 Å². The van der Waals surface area contributed by atoms with Crippen LogP contribution in [0.5, 0.6) is 0 Å². The van der Waals surface area contributed by atoms with Crippen molar-refractivity contribution in [1.82, 2.24) is 10.3 Å². The van der Waals surface area contributed by atoms with Crippen molar-refractivity contribution in [2.45, 2.75) is 23.7 Å². The van der Waals surface area contributed by atoms with Crippen LogP contribution in [0.1, 0.15) is 16.1 Å². The van der Waals surface area contributed by atoms with E-state index in [1.54, 1.807) is 43.3 Å². The van der Waals surface area contributed by atoms with Gasteiger partial charge in [-0.25, -0.2) is 4.98 Å². The Morgan fingerprint density at radius 3 is 2.41 bits per heavy atom. The third-order valence-corrected chi connectivity index (χ3v) is 8.17. The Morgan fingerprint density at radius 2 is 1.68 bits per heavy atom. The van der Waals surface area contributed by atoms with E-state index in [0.717, 1.165) is 22.0 Å². The third-order valence-electron chi connectivity index (χ3n) is 5.97. The number of hydrogen-bond donors (Lipinski definition) is 1. The molecule has 1 aromatic heterocycles. The number of aromatic nitrogens is 1. The smallest absolute Gasteiger partial charge is 0.317 e. The van der Waals surface area contributed by atoms with Gasteiger partial charge >= 0.3 is 6.18 Å². The Balaban J connectivity index is 1.67. The number of anilines is 1. The van der Waals surface area contributed by atoms with Crippen LogP contribution in [0, 0.1) is 6.92 Å². The van der Waals surface area contributed by atoms with Gasteiger partial charge < -0.3 is 5.32 Å². The van der Waals surface area contributed by atoms with Gasteiger partial charge in [0.05, 0.1) is 20.9 Å². The van der Waals surface area contributed by atoms with Gasteiger partial charge in [0.2, 0.25) is 5.66 Å². The number of alkyl halides is 3. The lowest BCUT2D eigenvalue weighted by atomic mass is 9.92. The van der Waals surface area contributed by atoms with E-state index in [4.69, 9.17) is 0 Å². The highest BCUT2D eigenvalue weighted by Crippen LogP contribution is 2.59. The number of hydrogen-bond acceptors (Lipinski definition) is 5. The number of amides is 1. The number of nitrogens with one attached hydrogen (secondary N) is 1. The van der Waals surface area contributed by atoms with E-state index in [9.17, 15) is 4.79 Å². The molecule has 0 spiro atoms. The number of rotatable bonds is 2. The lowest BCUT2D eigenvalue weighted by molar-refractivity contribution is -0.201. The van der Waals surface area contributed by atoms with Gasteiger partial charge in [-0.05, 0) is 31.2 Å². The maximum Gasteiger partial charge on any atom is 0.435 e. The van der Waals surface area contributed by atoms with Crippen LogP contribution in [0.3, 0.4) is 0 Å². The van der Waals surface area contributed by atoms with Crippen LogP contribution in [0.4, 0.5) is 18.9 Å². The van der Waals surface area contributed by atoms with E-state index >= 15 is 13.2 Å². The minimum atomic E-state index is -4.82. The molecule has 0 saturated heterocycles. The summed E-state index contributed by atoms with van der Waals surface area (Å²) in [6.45, 7) is 1.81. The van der Waals surface area contributed by atoms with Crippen LogP contribution in [-0.4, -0.2) is 17.1 Å². The predicted octanol–water partition coefficient (Wildman–Crippen LogP) is 6.43. The van der Waals surface area contributed by atoms with Crippen LogP contribution in [0.2, 0.25) is 0 Å². The van der Waals surface area contributed by atoms with E-state index in [0.29, 0.717) is 21.1 Å². The lowest BCUT2D eigenvalue weighted by Crippen LogP contribution is -2.68. The number of thiazole rings is 1. The quantitative estimate of drug-likeness (QED) is 0.348. The summed E-state index contributed by atoms with van der Waals surface area (Å²) < 4.78 is 46.1. The molecule has 34 heavy (non-hydrogen) atoms. The van der Waals surface area contributed by atoms with E-state index in [1.807, 2.05) is 24.3 Å². The van der Waals surface area contributed by atoms with Crippen molar-refractivity contribution in [1.29, 1.82) is 0 Å². The van der Waals surface area contributed by atoms with Crippen molar-refractivity contribution < 1.29 is 18.0 Å². The minimum Gasteiger partial charge on any atom is -0.317 e. The topological polar surface area (TPSA) is 45.2 Å². The summed E-state index contributed by atoms with van der Waals surface area (Å²) in [6, 6.07) is 20.4. The molecule has 9 heteroatoms. The van der Waals surface area contributed by atoms with Crippen LogP contribution in [-0.2, 0) is 10.5 Å². The second-order valence-electron chi connectivity index (χ2n) is 8.10. The van der Waals surface area contributed by atoms with Gasteiger partial charge in [-0.3, -0.25) is 9.69 Å². The van der Waals surface area contributed by atoms with E-state index in [-0.39, 0.29) is 16.2 Å². The third kappa shape index (κ3) is 2.93. The summed E-state index contributed by atoms with van der Waals surface area (Å²) in [5.74, 6) is -0.802. The number of nitrogens with zero attached hydrogens (tertiary/aromatic N) is 2. The minimum absolute atomic E-state index is 0.0582. The molecule has 0 saturated carbocycles. The average molecular weight is 496 g/mol. The number of aryl methyl sites for hydroxylation is 1. The second kappa shape index (κ2) is 7.35. The van der Waals surface area contributed by atoms with Crippen molar-refractivity contribution >= 4 is 50.5 Å². The summed E-state index contributed by atoms with van der Waals surface area (Å²) >= 11 is 2.45. The fourth-order valence-electron chi connectivity index (χ4n) is 4.39. The molecule has 2 aliphatic heterocycles. The van der Waals surface area contributed by atoms with Gasteiger partial charge in [-0.1, -0.05) is 65.9 Å². The summed E-state index contributed by atoms with van der Waals surface area (Å²) in [5.41, 5.74) is -0.759. The first-order valence-electron chi connectivity index (χ1n) is 10.4. The second-order valence-corrected chi connectivity index (χ2v) is 10.2. The highest BCUT2D eigenvalue weighted by atomic mass is 32.2. The molecule has 0 bridgehead atoms. The van der Waals surface area contributed by atoms with Gasteiger partial charge in [0.1, 0.15) is 10.6 Å². The summed E-state index contributed by atoms with van der Waals surface area (Å²) in [5, 5.41) is 2.98. The molecule has 170 valence electrons. The van der Waals surface area contributed by atoms with Crippen molar-refractivity contribution in [2.24, 2.45) is 0 Å². The number of thioether (sulfide) groups is 1. The highest BCUT2D eigenvalue weighted by molar-refractivity contribution is 8.04. The SMILES string of the molecule is Cc1ccc([C@@]2(C(F)(F)F)NC(=O)C(c3nc4ccccc4s3)=C3Sc4ccccc4N32)cc1. The molecule has 1 amide bonds. The molecule has 3 aromatic carbocycles. The number of carbonyl (C=O) groups is 1. The molecule has 0 fully saturated rings. The molecule has 3 heterocycles. The van der Waals surface area contributed by atoms with Gasteiger partial charge in [-0.2, -0.15) is 13.2 Å². The Hall–Kier alpha value is -3.30. The van der Waals surface area contributed by atoms with Crippen molar-refractivity contribution in [2.75, 3.05) is 4.90 Å². The van der Waals surface area contributed by atoms with E-state index in [2.05, 4.69) is 10.3 Å². The Labute approximate surface area is 201 Å². The van der Waals surface area contributed by atoms with Crippen LogP contribution < -0.4 is 10.2 Å². The Kier molecular flexibility index (Phi) is 4.59. The Bertz CT molecular complexity index is 1460. The number of benzene rings is 3. The first-order valence-corrected chi connectivity index (χ1v) is 12.1. The predicted molar refractivity (Wildman–Crippen MR) is 128 cm³/mol. The van der Waals surface area contributed by atoms with Gasteiger partial charge in [-0.15, -0.1) is 11.3 Å². The first-order chi connectivity index (χ1) is 16.3. The molecule has 1 atom stereocenters. The number of para-hydroxylation sites is 2. The maximum atomic E-state index is 15.1. The van der Waals surface area contributed by atoms with Gasteiger partial charge in [0, 0.05) is 10.5 Å². The fraction of sp³-hybridized carbons (Fsp3) is 0.120. The monoisotopic (exact) mass is 495 g/mol. The number of halogens is 3. The molecule has 4 nitrogen and oxygen atoms in total. The van der Waals surface area contributed by atoms with Gasteiger partial charge in [0.25, 0.3) is 5.91 Å². The number of fused-ring (bicyclic) bond motifs is 4.